The van der Waals surface area contributed by atoms with E-state index in [1.807, 2.05) is 0 Å². The molecule has 0 aliphatic heterocycles. The number of carbonyl (C=O) groups excluding carboxylic acids is 4. The summed E-state index contributed by atoms with van der Waals surface area (Å²) in [6, 6.07) is 0. The summed E-state index contributed by atoms with van der Waals surface area (Å²) in [5, 5.41) is 0. The van der Waals surface area contributed by atoms with Gasteiger partial charge in [0.05, 0.1) is 47.0 Å². The number of ether oxygens (including phenoxy) is 3. The molecule has 0 aromatic carbocycles. The van der Waals surface area contributed by atoms with Gasteiger partial charge < -0.3 is 38.7 Å². The van der Waals surface area contributed by atoms with Gasteiger partial charge >= 0.3 is 23.9 Å². The maximum Gasteiger partial charge on any atom is 0.344 e. The average Bonchev–Trinajstić information content (AvgIpc) is 3.04. The number of methoxy groups -OCH3 is 3. The van der Waals surface area contributed by atoms with Crippen LogP contribution in [0.3, 0.4) is 0 Å². The van der Waals surface area contributed by atoms with E-state index in [1.54, 1.807) is 0 Å². The maximum atomic E-state index is 11.8. The van der Waals surface area contributed by atoms with Gasteiger partial charge in [0.1, 0.15) is 0 Å². The Morgan fingerprint density at radius 3 is 0.909 bits per heavy atom. The molecule has 0 atom stereocenters. The summed E-state index contributed by atoms with van der Waals surface area (Å²) >= 11 is 1.51. The molecule has 0 saturated carbocycles. The molecule has 0 aromatic rings. The van der Waals surface area contributed by atoms with Gasteiger partial charge in [-0.2, -0.15) is 0 Å². The summed E-state index contributed by atoms with van der Waals surface area (Å²) in [6.45, 7) is 18.0. The minimum atomic E-state index is -0.454. The first-order valence-corrected chi connectivity index (χ1v) is 16.3. The highest BCUT2D eigenvalue weighted by molar-refractivity contribution is 14.1. The van der Waals surface area contributed by atoms with Crippen LogP contribution in [0.15, 0.2) is 0 Å². The summed E-state index contributed by atoms with van der Waals surface area (Å²) < 4.78 is 18.8. The summed E-state index contributed by atoms with van der Waals surface area (Å²) in [4.78, 5) is 62.7. The van der Waals surface area contributed by atoms with Gasteiger partial charge in [0.15, 0.2) is 23.0 Å². The van der Waals surface area contributed by atoms with Gasteiger partial charge in [-0.15, -0.1) is 3.22 Å². The smallest absolute Gasteiger partial charge is 0.344 e. The number of esters is 3. The highest BCUT2D eigenvalue weighted by Gasteiger charge is 2.16. The molecule has 0 amide bonds. The average molecular weight is 746 g/mol. The molecule has 0 rings (SSSR count). The van der Waals surface area contributed by atoms with Crippen LogP contribution in [0.1, 0.15) is 46.5 Å². The lowest BCUT2D eigenvalue weighted by Gasteiger charge is -2.31. The molecule has 0 spiro atoms. The molecule has 15 heteroatoms. The Morgan fingerprint density at radius 1 is 0.432 bits per heavy atom. The van der Waals surface area contributed by atoms with Crippen molar-refractivity contribution in [2.75, 3.05) is 120 Å². The normalized spacial score (nSPS) is 11.5. The number of likely N-dealkylation sites (N-methyl/N-ethyl adjacent to an activating group) is 3. The molecule has 0 aliphatic rings. The fourth-order valence-corrected chi connectivity index (χ4v) is 4.67. The zero-order chi connectivity index (χ0) is 33.2. The van der Waals surface area contributed by atoms with Crippen LogP contribution in [0.5, 0.6) is 0 Å². The number of halogens is 1. The van der Waals surface area contributed by atoms with Crippen LogP contribution >= 0.6 is 23.0 Å². The third kappa shape index (κ3) is 22.0. The van der Waals surface area contributed by atoms with Gasteiger partial charge in [0.2, 0.25) is 0 Å². The van der Waals surface area contributed by atoms with Crippen molar-refractivity contribution in [1.82, 2.24) is 24.5 Å². The molecule has 0 fully saturated rings. The number of rotatable bonds is 28. The van der Waals surface area contributed by atoms with Crippen molar-refractivity contribution in [1.29, 1.82) is 0 Å². The fraction of sp³-hybridized carbons (Fsp3) is 0.862. The van der Waals surface area contributed by atoms with Crippen LogP contribution in [0, 0.1) is 0 Å². The van der Waals surface area contributed by atoms with E-state index < -0.39 is 5.97 Å². The van der Waals surface area contributed by atoms with Crippen molar-refractivity contribution < 1.29 is 41.5 Å². The van der Waals surface area contributed by atoms with E-state index in [0.29, 0.717) is 32.7 Å². The molecule has 0 heterocycles. The van der Waals surface area contributed by atoms with E-state index in [1.165, 1.54) is 44.3 Å². The summed E-state index contributed by atoms with van der Waals surface area (Å²) in [5.41, 5.74) is 0. The van der Waals surface area contributed by atoms with Crippen LogP contribution < -0.4 is 0 Å². The minimum Gasteiger partial charge on any atom is -0.469 e. The third-order valence-electron chi connectivity index (χ3n) is 7.61. The molecule has 0 aromatic heterocycles. The van der Waals surface area contributed by atoms with Gasteiger partial charge in [0.25, 0.3) is 0 Å². The van der Waals surface area contributed by atoms with Crippen molar-refractivity contribution in [2.24, 2.45) is 0 Å². The number of carbonyl (C=O) groups is 4. The zero-order valence-electron chi connectivity index (χ0n) is 27.7. The van der Waals surface area contributed by atoms with Gasteiger partial charge in [-0.25, -0.2) is 4.79 Å². The SMILES string of the molecule is CCN(CCN(CC)CCN(CCC(=O)OC)CCC(=O)OC)CCN(CC)CCN(CCC(=O)OC)CCC(=O)OOI. The monoisotopic (exact) mass is 745 g/mol. The highest BCUT2D eigenvalue weighted by Crippen LogP contribution is 2.03. The first-order chi connectivity index (χ1) is 21.1. The van der Waals surface area contributed by atoms with Crippen LogP contribution in [0.4, 0.5) is 0 Å². The van der Waals surface area contributed by atoms with Crippen LogP contribution in [0.25, 0.3) is 0 Å². The molecular weight excluding hydrogens is 689 g/mol. The molecule has 44 heavy (non-hydrogen) atoms. The Morgan fingerprint density at radius 2 is 0.682 bits per heavy atom. The lowest BCUT2D eigenvalue weighted by atomic mass is 10.3. The first-order valence-electron chi connectivity index (χ1n) is 15.5. The highest BCUT2D eigenvalue weighted by atomic mass is 127. The first kappa shape index (κ1) is 42.4. The lowest BCUT2D eigenvalue weighted by molar-refractivity contribution is -0.195. The van der Waals surface area contributed by atoms with Crippen molar-refractivity contribution in [2.45, 2.75) is 46.5 Å². The Hall–Kier alpha value is -1.63. The summed E-state index contributed by atoms with van der Waals surface area (Å²) in [6.07, 6.45) is 0.989. The topological polar surface area (TPSA) is 131 Å². The summed E-state index contributed by atoms with van der Waals surface area (Å²) in [7, 11) is 4.13. The molecule has 0 bridgehead atoms. The second-order valence-electron chi connectivity index (χ2n) is 10.2. The largest absolute Gasteiger partial charge is 0.469 e. The van der Waals surface area contributed by atoms with Gasteiger partial charge in [-0.05, 0) is 19.6 Å². The van der Waals surface area contributed by atoms with Crippen molar-refractivity contribution in [3.63, 3.8) is 0 Å². The Kier molecular flexibility index (Phi) is 26.6. The van der Waals surface area contributed by atoms with Gasteiger partial charge in [0, 0.05) is 78.5 Å². The zero-order valence-corrected chi connectivity index (χ0v) is 29.9. The fourth-order valence-electron chi connectivity index (χ4n) is 4.47. The third-order valence-corrected chi connectivity index (χ3v) is 7.79. The molecule has 0 saturated heterocycles. The van der Waals surface area contributed by atoms with E-state index in [0.717, 1.165) is 65.4 Å². The van der Waals surface area contributed by atoms with E-state index >= 15 is 0 Å². The van der Waals surface area contributed by atoms with E-state index in [2.05, 4.69) is 53.4 Å². The van der Waals surface area contributed by atoms with E-state index in [-0.39, 0.29) is 43.6 Å². The Bertz CT molecular complexity index is 776. The van der Waals surface area contributed by atoms with Crippen LogP contribution in [-0.4, -0.2) is 168 Å². The van der Waals surface area contributed by atoms with E-state index in [9.17, 15) is 19.2 Å². The van der Waals surface area contributed by atoms with Crippen LogP contribution in [0.2, 0.25) is 0 Å². The Labute approximate surface area is 278 Å². The quantitative estimate of drug-likeness (QED) is 0.0377. The van der Waals surface area contributed by atoms with Crippen molar-refractivity contribution in [3.05, 3.63) is 0 Å². The van der Waals surface area contributed by atoms with E-state index in [4.69, 9.17) is 14.2 Å². The lowest BCUT2D eigenvalue weighted by Crippen LogP contribution is -2.43. The summed E-state index contributed by atoms with van der Waals surface area (Å²) in [5.74, 6) is -1.26. The van der Waals surface area contributed by atoms with Crippen molar-refractivity contribution >= 4 is 46.9 Å². The molecule has 0 unspecified atom stereocenters. The Balaban J connectivity index is 4.84. The van der Waals surface area contributed by atoms with Gasteiger partial charge in [-0.3, -0.25) is 19.3 Å². The standard InChI is InChI=1S/C29H56IN5O9/c1-7-31(18-20-32(8-2)22-24-34(14-10-26(36)40-4)15-11-27(37)41-5)19-21-33(9-3)23-25-35(16-12-28(38)42-6)17-13-29(39)43-44-30/h7-25H2,1-6H3. The minimum absolute atomic E-state index is 0.169. The predicted molar refractivity (Wildman–Crippen MR) is 175 cm³/mol. The maximum absolute atomic E-state index is 11.8. The molecule has 14 nitrogen and oxygen atoms in total. The molecule has 258 valence electrons. The van der Waals surface area contributed by atoms with Crippen LogP contribution in [-0.2, 0) is 41.5 Å². The number of hydrogen-bond donors (Lipinski definition) is 0. The number of hydrogen-bond acceptors (Lipinski definition) is 14. The molecule has 0 radical (unpaired) electrons. The second kappa shape index (κ2) is 27.7. The number of nitrogens with zero attached hydrogens (tertiary/aromatic N) is 5. The molecule has 0 aliphatic carbocycles. The molecule has 0 N–H and O–H groups in total. The predicted octanol–water partition coefficient (Wildman–Crippen LogP) is 1.46. The van der Waals surface area contributed by atoms with Gasteiger partial charge in [-0.1, -0.05) is 20.8 Å². The second-order valence-corrected chi connectivity index (χ2v) is 10.6. The molecular formula is C29H56IN5O9. The van der Waals surface area contributed by atoms with Crippen molar-refractivity contribution in [3.8, 4) is 0 Å².